The molecule has 0 fully saturated rings. The van der Waals surface area contributed by atoms with Crippen LogP contribution in [0, 0.1) is 6.92 Å². The Bertz CT molecular complexity index is 1310. The van der Waals surface area contributed by atoms with E-state index in [1.54, 1.807) is 38.3 Å². The van der Waals surface area contributed by atoms with Crippen molar-refractivity contribution in [3.8, 4) is 5.75 Å². The number of hydrogen-bond acceptors (Lipinski definition) is 5. The molecule has 0 aliphatic heterocycles. The van der Waals surface area contributed by atoms with Gasteiger partial charge in [-0.15, -0.1) is 0 Å². The lowest BCUT2D eigenvalue weighted by Crippen LogP contribution is -2.50. The van der Waals surface area contributed by atoms with Crippen LogP contribution in [-0.2, 0) is 39.2 Å². The van der Waals surface area contributed by atoms with Crippen LogP contribution in [0.1, 0.15) is 29.2 Å². The first-order valence-electron chi connectivity index (χ1n) is 12.3. The molecule has 0 bridgehead atoms. The lowest BCUT2D eigenvalue weighted by molar-refractivity contribution is -0.140. The van der Waals surface area contributed by atoms with Gasteiger partial charge in [-0.05, 0) is 42.7 Å². The highest BCUT2D eigenvalue weighted by atomic mass is 32.2. The van der Waals surface area contributed by atoms with Crippen LogP contribution in [0.25, 0.3) is 0 Å². The molecule has 202 valence electrons. The molecule has 0 spiro atoms. The highest BCUT2D eigenvalue weighted by Crippen LogP contribution is 2.17. The number of carbonyl (C=O) groups excluding carboxylic acids is 2. The molecule has 0 saturated heterocycles. The highest BCUT2D eigenvalue weighted by molar-refractivity contribution is 7.88. The van der Waals surface area contributed by atoms with Crippen molar-refractivity contribution >= 4 is 21.8 Å². The fraction of sp³-hybridized carbons (Fsp3) is 0.310. The van der Waals surface area contributed by atoms with Crippen molar-refractivity contribution < 1.29 is 22.7 Å². The normalized spacial score (nSPS) is 12.1. The SMILES string of the molecule is COc1ccc(CN(C(=O)CN(Cc2ccccc2)S(C)(=O)=O)[C@@H](C)C(=O)NCc2ccc(C)cc2)cc1. The van der Waals surface area contributed by atoms with Gasteiger partial charge in [-0.3, -0.25) is 9.59 Å². The summed E-state index contributed by atoms with van der Waals surface area (Å²) in [6, 6.07) is 23.2. The highest BCUT2D eigenvalue weighted by Gasteiger charge is 2.30. The van der Waals surface area contributed by atoms with Gasteiger partial charge in [0.25, 0.3) is 0 Å². The topological polar surface area (TPSA) is 96.0 Å². The third-order valence-electron chi connectivity index (χ3n) is 6.25. The minimum atomic E-state index is -3.70. The van der Waals surface area contributed by atoms with Crippen molar-refractivity contribution in [3.63, 3.8) is 0 Å². The third kappa shape index (κ3) is 8.43. The van der Waals surface area contributed by atoms with Gasteiger partial charge in [0.15, 0.2) is 0 Å². The molecule has 8 nitrogen and oxygen atoms in total. The maximum atomic E-state index is 13.6. The van der Waals surface area contributed by atoms with E-state index in [-0.39, 0.29) is 25.5 Å². The first-order valence-corrected chi connectivity index (χ1v) is 14.2. The smallest absolute Gasteiger partial charge is 0.242 e. The van der Waals surface area contributed by atoms with Crippen LogP contribution in [0.5, 0.6) is 5.75 Å². The lowest BCUT2D eigenvalue weighted by Gasteiger charge is -2.31. The second-order valence-electron chi connectivity index (χ2n) is 9.27. The van der Waals surface area contributed by atoms with Gasteiger partial charge < -0.3 is 15.0 Å². The largest absolute Gasteiger partial charge is 0.497 e. The molecule has 38 heavy (non-hydrogen) atoms. The zero-order chi connectivity index (χ0) is 27.7. The molecule has 1 atom stereocenters. The summed E-state index contributed by atoms with van der Waals surface area (Å²) < 4.78 is 31.5. The predicted octanol–water partition coefficient (Wildman–Crippen LogP) is 3.50. The number of sulfonamides is 1. The molecule has 3 aromatic rings. The van der Waals surface area contributed by atoms with Crippen LogP contribution >= 0.6 is 0 Å². The third-order valence-corrected chi connectivity index (χ3v) is 7.45. The van der Waals surface area contributed by atoms with Crippen molar-refractivity contribution in [2.24, 2.45) is 0 Å². The van der Waals surface area contributed by atoms with Crippen LogP contribution < -0.4 is 10.1 Å². The molecule has 0 aromatic heterocycles. The molecule has 1 N–H and O–H groups in total. The fourth-order valence-electron chi connectivity index (χ4n) is 3.87. The molecule has 0 heterocycles. The maximum Gasteiger partial charge on any atom is 0.242 e. The monoisotopic (exact) mass is 537 g/mol. The Labute approximate surface area is 225 Å². The zero-order valence-electron chi connectivity index (χ0n) is 22.3. The second-order valence-corrected chi connectivity index (χ2v) is 11.2. The number of hydrogen-bond donors (Lipinski definition) is 1. The lowest BCUT2D eigenvalue weighted by atomic mass is 10.1. The molecule has 0 unspecified atom stereocenters. The first kappa shape index (κ1) is 28.9. The average Bonchev–Trinajstić information content (AvgIpc) is 2.90. The predicted molar refractivity (Wildman–Crippen MR) is 148 cm³/mol. The number of rotatable bonds is 12. The van der Waals surface area contributed by atoms with Crippen molar-refractivity contribution in [3.05, 3.63) is 101 Å². The molecule has 3 rings (SSSR count). The fourth-order valence-corrected chi connectivity index (χ4v) is 4.60. The van der Waals surface area contributed by atoms with Crippen LogP contribution in [0.15, 0.2) is 78.9 Å². The summed E-state index contributed by atoms with van der Waals surface area (Å²) in [5.74, 6) is -0.136. The number of benzene rings is 3. The number of nitrogens with zero attached hydrogens (tertiary/aromatic N) is 2. The van der Waals surface area contributed by atoms with E-state index < -0.39 is 22.0 Å². The van der Waals surface area contributed by atoms with Gasteiger partial charge in [-0.1, -0.05) is 72.3 Å². The van der Waals surface area contributed by atoms with Gasteiger partial charge in [0, 0.05) is 19.6 Å². The van der Waals surface area contributed by atoms with Gasteiger partial charge in [-0.25, -0.2) is 8.42 Å². The van der Waals surface area contributed by atoms with Crippen molar-refractivity contribution in [1.82, 2.24) is 14.5 Å². The number of aryl methyl sites for hydroxylation is 1. The van der Waals surface area contributed by atoms with Gasteiger partial charge >= 0.3 is 0 Å². The van der Waals surface area contributed by atoms with E-state index in [4.69, 9.17) is 4.74 Å². The number of amides is 2. The summed E-state index contributed by atoms with van der Waals surface area (Å²) in [6.45, 7) is 3.75. The van der Waals surface area contributed by atoms with E-state index in [0.29, 0.717) is 12.3 Å². The second kappa shape index (κ2) is 13.2. The first-order chi connectivity index (χ1) is 18.1. The van der Waals surface area contributed by atoms with Gasteiger partial charge in [-0.2, -0.15) is 4.31 Å². The summed E-state index contributed by atoms with van der Waals surface area (Å²) in [4.78, 5) is 28.1. The van der Waals surface area contributed by atoms with Gasteiger partial charge in [0.2, 0.25) is 21.8 Å². The zero-order valence-corrected chi connectivity index (χ0v) is 23.1. The van der Waals surface area contributed by atoms with Gasteiger partial charge in [0.05, 0.1) is 19.9 Å². The van der Waals surface area contributed by atoms with Crippen LogP contribution in [-0.4, -0.2) is 55.4 Å². The Balaban J connectivity index is 1.81. The summed E-state index contributed by atoms with van der Waals surface area (Å²) in [5.41, 5.74) is 3.61. The van der Waals surface area contributed by atoms with Gasteiger partial charge in [0.1, 0.15) is 11.8 Å². The molecule has 0 aliphatic rings. The summed E-state index contributed by atoms with van der Waals surface area (Å²) in [5, 5.41) is 2.90. The van der Waals surface area contributed by atoms with Crippen molar-refractivity contribution in [1.29, 1.82) is 0 Å². The Kier molecular flexibility index (Phi) is 10.0. The summed E-state index contributed by atoms with van der Waals surface area (Å²) >= 11 is 0. The minimum Gasteiger partial charge on any atom is -0.497 e. The minimum absolute atomic E-state index is 0.0514. The Hall–Kier alpha value is -3.69. The van der Waals surface area contributed by atoms with E-state index >= 15 is 0 Å². The van der Waals surface area contributed by atoms with Crippen molar-refractivity contribution in [2.45, 2.75) is 39.5 Å². The van der Waals surface area contributed by atoms with E-state index in [9.17, 15) is 18.0 Å². The molecule has 0 saturated carbocycles. The van der Waals surface area contributed by atoms with E-state index in [1.807, 2.05) is 61.5 Å². The molecule has 0 aliphatic carbocycles. The Morgan fingerprint density at radius 2 is 1.45 bits per heavy atom. The number of ether oxygens (including phenoxy) is 1. The van der Waals surface area contributed by atoms with Crippen molar-refractivity contribution in [2.75, 3.05) is 19.9 Å². The quantitative estimate of drug-likeness (QED) is 0.382. The summed E-state index contributed by atoms with van der Waals surface area (Å²) in [7, 11) is -2.13. The van der Waals surface area contributed by atoms with Crippen LogP contribution in [0.2, 0.25) is 0 Å². The molecule has 0 radical (unpaired) electrons. The molecule has 2 amide bonds. The molecule has 9 heteroatoms. The average molecular weight is 538 g/mol. The number of nitrogens with one attached hydrogen (secondary N) is 1. The summed E-state index contributed by atoms with van der Waals surface area (Å²) in [6.07, 6.45) is 1.08. The Morgan fingerprint density at radius 3 is 2.03 bits per heavy atom. The molecular formula is C29H35N3O5S. The maximum absolute atomic E-state index is 13.6. The van der Waals surface area contributed by atoms with Crippen LogP contribution in [0.3, 0.4) is 0 Å². The van der Waals surface area contributed by atoms with E-state index in [2.05, 4.69) is 5.32 Å². The van der Waals surface area contributed by atoms with Crippen LogP contribution in [0.4, 0.5) is 0 Å². The van der Waals surface area contributed by atoms with E-state index in [1.165, 1.54) is 4.90 Å². The molecular weight excluding hydrogens is 502 g/mol. The number of carbonyl (C=O) groups is 2. The Morgan fingerprint density at radius 1 is 0.868 bits per heavy atom. The standard InChI is InChI=1S/C29H35N3O5S/c1-22-10-12-24(13-11-22)18-30-29(34)23(2)32(20-26-14-16-27(37-3)17-15-26)28(33)21-31(38(4,35)36)19-25-8-6-5-7-9-25/h5-17,23H,18-21H2,1-4H3,(H,30,34)/t23-/m0/s1. The number of methoxy groups -OCH3 is 1. The molecule has 3 aromatic carbocycles. The van der Waals surface area contributed by atoms with E-state index in [0.717, 1.165) is 32.8 Å².